The molecule has 4 heteroatoms. The highest BCUT2D eigenvalue weighted by Crippen LogP contribution is 2.38. The van der Waals surface area contributed by atoms with Gasteiger partial charge in [0, 0.05) is 13.1 Å². The molecule has 0 radical (unpaired) electrons. The Bertz CT molecular complexity index is 468. The molecule has 0 bridgehead atoms. The molecule has 1 spiro atoms. The molecule has 2 aliphatic heterocycles. The molecule has 0 aliphatic carbocycles. The van der Waals surface area contributed by atoms with Crippen LogP contribution in [0.3, 0.4) is 0 Å². The van der Waals surface area contributed by atoms with Crippen LogP contribution in [0.15, 0.2) is 30.3 Å². The van der Waals surface area contributed by atoms with Crippen LogP contribution in [0.1, 0.15) is 24.8 Å². The van der Waals surface area contributed by atoms with Gasteiger partial charge >= 0.3 is 0 Å². The van der Waals surface area contributed by atoms with Gasteiger partial charge in [-0.2, -0.15) is 0 Å². The zero-order valence-corrected chi connectivity index (χ0v) is 12.6. The highest BCUT2D eigenvalue weighted by molar-refractivity contribution is 5.78. The van der Waals surface area contributed by atoms with E-state index in [1.165, 1.54) is 19.3 Å². The van der Waals surface area contributed by atoms with Crippen molar-refractivity contribution in [2.75, 3.05) is 32.7 Å². The van der Waals surface area contributed by atoms with Gasteiger partial charge in [0.15, 0.2) is 0 Å². The van der Waals surface area contributed by atoms with Crippen molar-refractivity contribution in [3.63, 3.8) is 0 Å². The highest BCUT2D eigenvalue weighted by Gasteiger charge is 2.39. The normalized spacial score (nSPS) is 21.5. The fourth-order valence-corrected chi connectivity index (χ4v) is 3.58. The molecule has 0 aromatic heterocycles. The first-order valence-corrected chi connectivity index (χ1v) is 8.00. The summed E-state index contributed by atoms with van der Waals surface area (Å²) in [5.74, 6) is 0.143. The molecule has 2 fully saturated rings. The van der Waals surface area contributed by atoms with E-state index in [1.807, 2.05) is 30.3 Å². The summed E-state index contributed by atoms with van der Waals surface area (Å²) in [4.78, 5) is 14.4. The lowest BCUT2D eigenvalue weighted by Crippen LogP contribution is -2.40. The second kappa shape index (κ2) is 6.58. The minimum absolute atomic E-state index is 0.143. The second-order valence-corrected chi connectivity index (χ2v) is 6.47. The number of carbonyl (C=O) groups is 1. The van der Waals surface area contributed by atoms with Gasteiger partial charge in [0.2, 0.25) is 5.91 Å². The van der Waals surface area contributed by atoms with Crippen LogP contribution in [0, 0.1) is 5.41 Å². The van der Waals surface area contributed by atoms with E-state index in [0.29, 0.717) is 18.5 Å². The first-order chi connectivity index (χ1) is 10.3. The number of rotatable bonds is 4. The smallest absolute Gasteiger partial charge is 0.234 e. The third kappa shape index (κ3) is 3.83. The van der Waals surface area contributed by atoms with Crippen molar-refractivity contribution in [2.45, 2.75) is 25.8 Å². The fourth-order valence-electron chi connectivity index (χ4n) is 3.58. The number of carbonyl (C=O) groups excluding carboxylic acids is 1. The first-order valence-electron chi connectivity index (χ1n) is 8.00. The Labute approximate surface area is 126 Å². The molecule has 2 saturated heterocycles. The van der Waals surface area contributed by atoms with Gasteiger partial charge in [-0.1, -0.05) is 30.3 Å². The van der Waals surface area contributed by atoms with Crippen molar-refractivity contribution < 1.29 is 4.79 Å². The van der Waals surface area contributed by atoms with Crippen LogP contribution in [-0.2, 0) is 11.3 Å². The molecule has 2 heterocycles. The molecule has 114 valence electrons. The Morgan fingerprint density at radius 2 is 1.95 bits per heavy atom. The fraction of sp³-hybridized carbons (Fsp3) is 0.588. The number of piperidine rings is 1. The summed E-state index contributed by atoms with van der Waals surface area (Å²) in [7, 11) is 0. The van der Waals surface area contributed by atoms with Crippen LogP contribution < -0.4 is 10.6 Å². The van der Waals surface area contributed by atoms with Crippen molar-refractivity contribution in [1.82, 2.24) is 15.5 Å². The minimum atomic E-state index is 0.143. The topological polar surface area (TPSA) is 44.4 Å². The third-order valence-corrected chi connectivity index (χ3v) is 4.88. The summed E-state index contributed by atoms with van der Waals surface area (Å²) >= 11 is 0. The van der Waals surface area contributed by atoms with Gasteiger partial charge in [-0.25, -0.2) is 0 Å². The van der Waals surface area contributed by atoms with Crippen LogP contribution in [0.2, 0.25) is 0 Å². The van der Waals surface area contributed by atoms with Crippen LogP contribution in [-0.4, -0.2) is 43.5 Å². The lowest BCUT2D eigenvalue weighted by molar-refractivity contribution is -0.122. The lowest BCUT2D eigenvalue weighted by Gasteiger charge is -2.33. The van der Waals surface area contributed by atoms with Crippen LogP contribution in [0.4, 0.5) is 0 Å². The Hall–Kier alpha value is -1.39. The third-order valence-electron chi connectivity index (χ3n) is 4.88. The largest absolute Gasteiger partial charge is 0.351 e. The number of hydrogen-bond acceptors (Lipinski definition) is 3. The van der Waals surface area contributed by atoms with Crippen molar-refractivity contribution in [3.05, 3.63) is 35.9 Å². The van der Waals surface area contributed by atoms with Gasteiger partial charge in [-0.05, 0) is 49.9 Å². The molecular formula is C17H25N3O. The van der Waals surface area contributed by atoms with Crippen molar-refractivity contribution in [2.24, 2.45) is 5.41 Å². The highest BCUT2D eigenvalue weighted by atomic mass is 16.2. The quantitative estimate of drug-likeness (QED) is 0.879. The zero-order chi connectivity index (χ0) is 14.5. The van der Waals surface area contributed by atoms with Gasteiger partial charge in [0.25, 0.3) is 0 Å². The molecule has 1 amide bonds. The molecule has 1 aromatic rings. The Morgan fingerprint density at radius 3 is 2.71 bits per heavy atom. The summed E-state index contributed by atoms with van der Waals surface area (Å²) < 4.78 is 0. The Kier molecular flexibility index (Phi) is 4.56. The molecule has 1 aromatic carbocycles. The van der Waals surface area contributed by atoms with E-state index in [4.69, 9.17) is 0 Å². The van der Waals surface area contributed by atoms with E-state index in [1.54, 1.807) is 0 Å². The maximum Gasteiger partial charge on any atom is 0.234 e. The summed E-state index contributed by atoms with van der Waals surface area (Å²) in [6.45, 7) is 5.60. The van der Waals surface area contributed by atoms with Gasteiger partial charge in [0.1, 0.15) is 0 Å². The monoisotopic (exact) mass is 287 g/mol. The number of likely N-dealkylation sites (tertiary alicyclic amines) is 1. The van der Waals surface area contributed by atoms with Gasteiger partial charge in [-0.15, -0.1) is 0 Å². The Balaban J connectivity index is 1.43. The van der Waals surface area contributed by atoms with Crippen molar-refractivity contribution in [3.8, 4) is 0 Å². The number of nitrogens with one attached hydrogen (secondary N) is 2. The van der Waals surface area contributed by atoms with Gasteiger partial charge < -0.3 is 10.6 Å². The standard InChI is InChI=1S/C17H25N3O/c21-16(19-12-15-4-2-1-3-5-15)13-20-11-8-17(14-20)6-9-18-10-7-17/h1-5,18H,6-14H2,(H,19,21). The van der Waals surface area contributed by atoms with E-state index in [9.17, 15) is 4.79 Å². The summed E-state index contributed by atoms with van der Waals surface area (Å²) in [6.07, 6.45) is 3.77. The van der Waals surface area contributed by atoms with E-state index in [2.05, 4.69) is 15.5 Å². The number of amides is 1. The average Bonchev–Trinajstić information content (AvgIpc) is 2.89. The Morgan fingerprint density at radius 1 is 1.19 bits per heavy atom. The molecule has 0 atom stereocenters. The lowest BCUT2D eigenvalue weighted by atomic mass is 9.78. The minimum Gasteiger partial charge on any atom is -0.351 e. The molecule has 0 saturated carbocycles. The van der Waals surface area contributed by atoms with Gasteiger partial charge in [0.05, 0.1) is 6.54 Å². The summed E-state index contributed by atoms with van der Waals surface area (Å²) in [5, 5.41) is 6.46. The average molecular weight is 287 g/mol. The van der Waals surface area contributed by atoms with Crippen LogP contribution in [0.5, 0.6) is 0 Å². The van der Waals surface area contributed by atoms with E-state index < -0.39 is 0 Å². The van der Waals surface area contributed by atoms with E-state index in [0.717, 1.165) is 31.7 Å². The maximum absolute atomic E-state index is 12.1. The predicted molar refractivity (Wildman–Crippen MR) is 83.9 cm³/mol. The van der Waals surface area contributed by atoms with Gasteiger partial charge in [-0.3, -0.25) is 9.69 Å². The number of nitrogens with zero attached hydrogens (tertiary/aromatic N) is 1. The summed E-state index contributed by atoms with van der Waals surface area (Å²) in [6, 6.07) is 10.1. The van der Waals surface area contributed by atoms with Crippen molar-refractivity contribution in [1.29, 1.82) is 0 Å². The molecule has 0 unspecified atom stereocenters. The molecular weight excluding hydrogens is 262 g/mol. The first kappa shape index (κ1) is 14.5. The molecule has 4 nitrogen and oxygen atoms in total. The van der Waals surface area contributed by atoms with Crippen LogP contribution >= 0.6 is 0 Å². The number of hydrogen-bond donors (Lipinski definition) is 2. The predicted octanol–water partition coefficient (Wildman–Crippen LogP) is 1.38. The second-order valence-electron chi connectivity index (χ2n) is 6.47. The zero-order valence-electron chi connectivity index (χ0n) is 12.6. The van der Waals surface area contributed by atoms with E-state index >= 15 is 0 Å². The number of benzene rings is 1. The van der Waals surface area contributed by atoms with Crippen LogP contribution in [0.25, 0.3) is 0 Å². The SMILES string of the molecule is O=C(CN1CCC2(CCNCC2)C1)NCc1ccccc1. The van der Waals surface area contributed by atoms with Crippen molar-refractivity contribution >= 4 is 5.91 Å². The summed E-state index contributed by atoms with van der Waals surface area (Å²) in [5.41, 5.74) is 1.63. The molecule has 2 aliphatic rings. The molecule has 2 N–H and O–H groups in total. The molecule has 21 heavy (non-hydrogen) atoms. The van der Waals surface area contributed by atoms with E-state index in [-0.39, 0.29) is 5.91 Å². The molecule has 3 rings (SSSR count). The maximum atomic E-state index is 12.1.